The van der Waals surface area contributed by atoms with Crippen LogP contribution in [0.25, 0.3) is 33.4 Å². The summed E-state index contributed by atoms with van der Waals surface area (Å²) in [6.07, 6.45) is 3.88. The standard InChI is InChI=1S/C19H24O2Si.C13H11NO2.C13H10O2.C12H21BO3Si.C7H5BrO/c1-19(2,3)22(4,5)21-18-12-10-17(11-13-18)16-8-6-15(14-20)7-9-16;15-13-7-5-12(6-8-13)11-3-1-10(2-4-11)9-14-16;14-9-10-1-3-11(4-2-10)12-5-7-13(15)8-6-12;1-12(2,3)17(4,5)16-11-8-6-10(7-9-11)13(14)15;8-7-3-1-6(5-9)2-4-7/h6-14H,1-5H3;1-9,15-16H;1-9,15H;6-9,14-15H,1-5H3;1-5H/b;14-9+;;;. The summed E-state index contributed by atoms with van der Waals surface area (Å²) in [5.41, 5.74) is 9.74. The predicted molar refractivity (Wildman–Crippen MR) is 331 cm³/mol. The lowest BCUT2D eigenvalue weighted by molar-refractivity contribution is 0.111. The minimum absolute atomic E-state index is 0.155. The maximum atomic E-state index is 10.7. The molecule has 8 aromatic carbocycles. The molecule has 0 aliphatic heterocycles. The topological polar surface area (TPSA) is 183 Å². The van der Waals surface area contributed by atoms with Crippen LogP contribution in [0.1, 0.15) is 78.2 Å². The molecular formula is C64H71BBrNO10Si2. The van der Waals surface area contributed by atoms with Crippen LogP contribution in [-0.2, 0) is 0 Å². The van der Waals surface area contributed by atoms with Gasteiger partial charge in [-0.3, -0.25) is 14.4 Å². The van der Waals surface area contributed by atoms with Gasteiger partial charge in [-0.15, -0.1) is 0 Å². The monoisotopic (exact) mass is 1160 g/mol. The van der Waals surface area contributed by atoms with Gasteiger partial charge in [-0.05, 0) is 141 Å². The third kappa shape index (κ3) is 20.9. The van der Waals surface area contributed by atoms with Gasteiger partial charge >= 0.3 is 7.12 Å². The highest BCUT2D eigenvalue weighted by atomic mass is 79.9. The van der Waals surface area contributed by atoms with Crippen molar-refractivity contribution in [3.05, 3.63) is 221 Å². The lowest BCUT2D eigenvalue weighted by Crippen LogP contribution is -2.44. The van der Waals surface area contributed by atoms with Gasteiger partial charge < -0.3 is 34.3 Å². The predicted octanol–water partition coefficient (Wildman–Crippen LogP) is 15.3. The molecule has 79 heavy (non-hydrogen) atoms. The lowest BCUT2D eigenvalue weighted by atomic mass is 9.80. The third-order valence-corrected chi connectivity index (χ3v) is 22.6. The first-order chi connectivity index (χ1) is 37.3. The van der Waals surface area contributed by atoms with Gasteiger partial charge in [-0.1, -0.05) is 196 Å². The van der Waals surface area contributed by atoms with Crippen LogP contribution in [0.15, 0.2) is 204 Å². The van der Waals surface area contributed by atoms with Crippen LogP contribution in [0, 0.1) is 0 Å². The maximum Gasteiger partial charge on any atom is 0.488 e. The zero-order valence-corrected chi connectivity index (χ0v) is 50.1. The Labute approximate surface area is 476 Å². The number of nitrogens with zero attached hydrogens (tertiary/aromatic N) is 1. The minimum Gasteiger partial charge on any atom is -0.544 e. The second kappa shape index (κ2) is 29.9. The number of aldehydes is 3. The highest BCUT2D eigenvalue weighted by Gasteiger charge is 2.40. The maximum absolute atomic E-state index is 10.7. The normalized spacial score (nSPS) is 11.1. The Morgan fingerprint density at radius 1 is 0.418 bits per heavy atom. The van der Waals surface area contributed by atoms with Gasteiger partial charge in [0, 0.05) is 21.2 Å². The molecule has 5 N–H and O–H groups in total. The molecule has 0 aromatic heterocycles. The van der Waals surface area contributed by atoms with E-state index in [4.69, 9.17) is 29.2 Å². The molecule has 0 bridgehead atoms. The zero-order valence-electron chi connectivity index (χ0n) is 46.5. The van der Waals surface area contributed by atoms with Crippen molar-refractivity contribution in [2.24, 2.45) is 5.16 Å². The summed E-state index contributed by atoms with van der Waals surface area (Å²) < 4.78 is 13.4. The molecule has 8 aromatic rings. The number of aromatic hydroxyl groups is 2. The van der Waals surface area contributed by atoms with Crippen LogP contribution in [-0.4, -0.2) is 74.3 Å². The number of benzene rings is 8. The molecule has 0 atom stereocenters. The van der Waals surface area contributed by atoms with E-state index in [1.54, 1.807) is 72.8 Å². The van der Waals surface area contributed by atoms with Crippen LogP contribution in [0.5, 0.6) is 23.0 Å². The first-order valence-electron chi connectivity index (χ1n) is 25.4. The van der Waals surface area contributed by atoms with Gasteiger partial charge in [0.05, 0.1) is 6.21 Å². The van der Waals surface area contributed by atoms with Crippen molar-refractivity contribution in [2.75, 3.05) is 0 Å². The molecule has 0 heterocycles. The molecule has 0 aliphatic rings. The van der Waals surface area contributed by atoms with Crippen LogP contribution < -0.4 is 14.3 Å². The Hall–Kier alpha value is -7.66. The Balaban J connectivity index is 0.000000217. The minimum atomic E-state index is -1.82. The molecule has 0 saturated heterocycles. The van der Waals surface area contributed by atoms with E-state index in [9.17, 15) is 19.5 Å². The van der Waals surface area contributed by atoms with Crippen LogP contribution in [0.4, 0.5) is 0 Å². The van der Waals surface area contributed by atoms with Gasteiger partial charge in [-0.2, -0.15) is 0 Å². The number of carbonyl (C=O) groups excluding carboxylic acids is 3. The number of phenols is 2. The third-order valence-electron chi connectivity index (χ3n) is 13.3. The van der Waals surface area contributed by atoms with Crippen molar-refractivity contribution in [1.82, 2.24) is 0 Å². The molecule has 0 fully saturated rings. The Morgan fingerprint density at radius 2 is 0.671 bits per heavy atom. The van der Waals surface area contributed by atoms with Crippen LogP contribution in [0.2, 0.25) is 36.3 Å². The summed E-state index contributed by atoms with van der Waals surface area (Å²) in [6, 6.07) is 58.8. The number of hydrogen-bond acceptors (Lipinski definition) is 11. The Morgan fingerprint density at radius 3 is 0.937 bits per heavy atom. The Bertz CT molecular complexity index is 3140. The van der Waals surface area contributed by atoms with E-state index < -0.39 is 23.8 Å². The van der Waals surface area contributed by atoms with E-state index in [-0.39, 0.29) is 21.6 Å². The van der Waals surface area contributed by atoms with Gasteiger partial charge in [0.1, 0.15) is 41.9 Å². The fourth-order valence-electron chi connectivity index (χ4n) is 6.50. The molecule has 0 radical (unpaired) electrons. The molecule has 0 aliphatic carbocycles. The highest BCUT2D eigenvalue weighted by molar-refractivity contribution is 9.10. The van der Waals surface area contributed by atoms with Gasteiger partial charge in [0.15, 0.2) is 0 Å². The van der Waals surface area contributed by atoms with E-state index in [2.05, 4.69) is 101 Å². The Kier molecular flexibility index (Phi) is 24.2. The van der Waals surface area contributed by atoms with Crippen LogP contribution in [0.3, 0.4) is 0 Å². The van der Waals surface area contributed by atoms with E-state index in [1.807, 2.05) is 109 Å². The van der Waals surface area contributed by atoms with E-state index in [0.29, 0.717) is 22.2 Å². The first kappa shape index (κ1) is 63.9. The average Bonchev–Trinajstić information content (AvgIpc) is 3.42. The molecule has 8 rings (SSSR count). The van der Waals surface area contributed by atoms with Crippen molar-refractivity contribution in [2.45, 2.75) is 77.8 Å². The molecule has 11 nitrogen and oxygen atoms in total. The largest absolute Gasteiger partial charge is 0.544 e. The van der Waals surface area contributed by atoms with Gasteiger partial charge in [0.25, 0.3) is 0 Å². The zero-order chi connectivity index (χ0) is 58.4. The lowest BCUT2D eigenvalue weighted by Gasteiger charge is -2.36. The molecule has 15 heteroatoms. The SMILES string of the molecule is CC(C)(C)[Si](C)(C)Oc1ccc(-c2ccc(C=O)cc2)cc1.CC(C)(C)[Si](C)(C)Oc1ccc(B(O)O)cc1.O/N=C/c1ccc(-c2ccc(O)cc2)cc1.O=Cc1ccc(-c2ccc(O)cc2)cc1.O=Cc1ccc(Br)cc1. The summed E-state index contributed by atoms with van der Waals surface area (Å²) in [6.45, 7) is 22.1. The summed E-state index contributed by atoms with van der Waals surface area (Å²) in [4.78, 5) is 31.3. The van der Waals surface area contributed by atoms with Crippen LogP contribution >= 0.6 is 15.9 Å². The van der Waals surface area contributed by atoms with E-state index in [0.717, 1.165) is 73.8 Å². The molecule has 0 saturated carbocycles. The number of phenolic OH excluding ortho intramolecular Hbond substituents is 2. The van der Waals surface area contributed by atoms with Gasteiger partial charge in [-0.25, -0.2) is 0 Å². The van der Waals surface area contributed by atoms with Crippen molar-refractivity contribution in [3.8, 4) is 56.4 Å². The first-order valence-corrected chi connectivity index (χ1v) is 32.0. The average molecular weight is 1160 g/mol. The number of rotatable bonds is 12. The van der Waals surface area contributed by atoms with Crippen molar-refractivity contribution < 1.29 is 48.7 Å². The molecule has 0 amide bonds. The number of oxime groups is 1. The van der Waals surface area contributed by atoms with Gasteiger partial charge in [0.2, 0.25) is 16.6 Å². The fraction of sp³-hybridized carbons (Fsp3) is 0.188. The highest BCUT2D eigenvalue weighted by Crippen LogP contribution is 2.39. The second-order valence-corrected chi connectivity index (χ2v) is 31.7. The summed E-state index contributed by atoms with van der Waals surface area (Å²) in [5, 5.41) is 48.0. The summed E-state index contributed by atoms with van der Waals surface area (Å²) in [5.74, 6) is 2.23. The quantitative estimate of drug-likeness (QED) is 0.0259. The number of carbonyl (C=O) groups is 3. The number of hydrogen-bond donors (Lipinski definition) is 5. The fourth-order valence-corrected chi connectivity index (χ4v) is 8.83. The van der Waals surface area contributed by atoms with Crippen molar-refractivity contribution >= 4 is 70.2 Å². The molecular weight excluding hydrogens is 1090 g/mol. The van der Waals surface area contributed by atoms with Crippen molar-refractivity contribution in [1.29, 1.82) is 0 Å². The smallest absolute Gasteiger partial charge is 0.488 e. The molecule has 410 valence electrons. The number of halogens is 1. The summed E-state index contributed by atoms with van der Waals surface area (Å²) >= 11 is 3.26. The second-order valence-electron chi connectivity index (χ2n) is 21.3. The molecule has 0 unspecified atom stereocenters. The van der Waals surface area contributed by atoms with E-state index >= 15 is 0 Å². The molecule has 0 spiro atoms. The summed E-state index contributed by atoms with van der Waals surface area (Å²) in [7, 11) is -5.03. The van der Waals surface area contributed by atoms with E-state index in [1.165, 1.54) is 6.21 Å². The van der Waals surface area contributed by atoms with Crippen molar-refractivity contribution in [3.63, 3.8) is 0 Å².